The van der Waals surface area contributed by atoms with Gasteiger partial charge < -0.3 is 4.74 Å². The predicted molar refractivity (Wildman–Crippen MR) is 289 cm³/mol. The number of hydrogen-bond acceptors (Lipinski definition) is 2. The molecule has 0 aromatic heterocycles. The minimum absolute atomic E-state index is 0.0684. The van der Waals surface area contributed by atoms with Gasteiger partial charge in [0.1, 0.15) is 11.5 Å². The van der Waals surface area contributed by atoms with E-state index in [0.29, 0.717) is 0 Å². The average Bonchev–Trinajstić information content (AvgIpc) is 3.22. The minimum atomic E-state index is -1.25. The lowest BCUT2D eigenvalue weighted by Gasteiger charge is -2.42. The number of rotatable bonds is 6. The van der Waals surface area contributed by atoms with Gasteiger partial charge in [0.2, 0.25) is 0 Å². The summed E-state index contributed by atoms with van der Waals surface area (Å²) in [5.41, 5.74) is 15.8. The first kappa shape index (κ1) is 43.1. The van der Waals surface area contributed by atoms with E-state index in [4.69, 9.17) is 4.74 Å². The number of benzene rings is 6. The van der Waals surface area contributed by atoms with Crippen molar-refractivity contribution in [3.05, 3.63) is 143 Å². The lowest BCUT2D eigenvalue weighted by atomic mass is 9.36. The number of para-hydroxylation sites is 2. The normalized spacial score (nSPS) is 16.9. The number of aryl methyl sites for hydroxylation is 1. The largest absolute Gasteiger partial charge is 0.454 e. The Labute approximate surface area is 375 Å². The van der Waals surface area contributed by atoms with Gasteiger partial charge in [0.05, 0.1) is 70.6 Å². The van der Waals surface area contributed by atoms with Crippen LogP contribution in [0.3, 0.4) is 0 Å². The summed E-state index contributed by atoms with van der Waals surface area (Å²) in [4.78, 5) is 5.37. The van der Waals surface area contributed by atoms with Crippen LogP contribution in [0.25, 0.3) is 33.4 Å². The summed E-state index contributed by atoms with van der Waals surface area (Å²) in [5.74, 6) is 1.98. The average molecular weight is 811 g/mol. The topological polar surface area (TPSA) is 9.23 Å². The van der Waals surface area contributed by atoms with Crippen LogP contribution in [0.15, 0.2) is 129 Å². The second kappa shape index (κ2) is 14.5. The molecule has 0 aliphatic carbocycles. The molecular formula is C48H57B9OS2. The summed E-state index contributed by atoms with van der Waals surface area (Å²) in [6.45, 7) is 12.0. The molecule has 0 saturated heterocycles. The Morgan fingerprint density at radius 3 is 1.72 bits per heavy atom. The van der Waals surface area contributed by atoms with Crippen molar-refractivity contribution in [3.63, 3.8) is 0 Å². The summed E-state index contributed by atoms with van der Waals surface area (Å²) in [6, 6.07) is 41.9. The van der Waals surface area contributed by atoms with E-state index >= 15 is 0 Å². The maximum absolute atomic E-state index is 6.83. The highest BCUT2D eigenvalue weighted by Crippen LogP contribution is 2.67. The Balaban J connectivity index is 1.36. The molecule has 0 atom stereocenters. The summed E-state index contributed by atoms with van der Waals surface area (Å²) in [6.07, 6.45) is 4.80. The highest BCUT2D eigenvalue weighted by atomic mass is 32.3. The van der Waals surface area contributed by atoms with Gasteiger partial charge >= 0.3 is 0 Å². The fourth-order valence-electron chi connectivity index (χ4n) is 9.64. The molecule has 0 radical (unpaired) electrons. The Kier molecular flexibility index (Phi) is 10.4. The highest BCUT2D eigenvalue weighted by Gasteiger charge is 2.45. The smallest absolute Gasteiger partial charge is 0.147 e. The Hall–Kier alpha value is -3.60. The first-order valence-corrected chi connectivity index (χ1v) is 25.0. The lowest BCUT2D eigenvalue weighted by Crippen LogP contribution is -2.40. The van der Waals surface area contributed by atoms with Gasteiger partial charge in [-0.05, 0) is 93.5 Å². The van der Waals surface area contributed by atoms with Crippen LogP contribution in [-0.2, 0) is 26.2 Å². The maximum atomic E-state index is 6.83. The van der Waals surface area contributed by atoms with Gasteiger partial charge in [-0.25, -0.2) is 0 Å². The molecule has 8 rings (SSSR count). The molecule has 6 aromatic carbocycles. The zero-order valence-corrected chi connectivity index (χ0v) is 40.8. The van der Waals surface area contributed by atoms with Gasteiger partial charge in [0.15, 0.2) is 0 Å². The third-order valence-electron chi connectivity index (χ3n) is 13.9. The molecular weight excluding hydrogens is 754 g/mol. The standard InChI is InChI=1S/C48H57B9OS2/c1-26-18-21-39-37(22-26)45(4,5)44(2,3)33-14-10-13-30(43(33)59-39)32-25-35(47(52,53)54)31(24-36(32)48(55,56)57)29-20-19-27(23-34(29)46(49,50)51)28-12-11-17-41-42(28)58-38-15-8-9-16-40(38)60(41,6)7/h8-25H,49-57H2,1-7H3. The fourth-order valence-corrected chi connectivity index (χ4v) is 13.4. The molecule has 2 aliphatic heterocycles. The van der Waals surface area contributed by atoms with E-state index in [0.717, 1.165) is 17.1 Å². The Bertz CT molecular complexity index is 2720. The zero-order chi connectivity index (χ0) is 43.5. The fraction of sp³-hybridized carbons (Fsp3) is 0.250. The number of hydrogen-bond donors (Lipinski definition) is 0. The Morgan fingerprint density at radius 2 is 1.07 bits per heavy atom. The number of fused-ring (bicyclic) bond motifs is 4. The van der Waals surface area contributed by atoms with Crippen LogP contribution in [0.5, 0.6) is 11.5 Å². The van der Waals surface area contributed by atoms with E-state index in [1.165, 1.54) is 80.8 Å². The molecule has 0 saturated carbocycles. The molecule has 6 aromatic rings. The van der Waals surface area contributed by atoms with E-state index in [1.807, 2.05) is 11.8 Å². The van der Waals surface area contributed by atoms with E-state index in [2.05, 4.69) is 227 Å². The van der Waals surface area contributed by atoms with Crippen LogP contribution >= 0.6 is 21.8 Å². The number of ether oxygens (including phenoxy) is 1. The van der Waals surface area contributed by atoms with Crippen molar-refractivity contribution < 1.29 is 4.74 Å². The van der Waals surface area contributed by atoms with Gasteiger partial charge in [0, 0.05) is 25.1 Å². The van der Waals surface area contributed by atoms with Crippen LogP contribution in [-0.4, -0.2) is 83.1 Å². The summed E-state index contributed by atoms with van der Waals surface area (Å²) < 4.78 is 6.83. The third kappa shape index (κ3) is 7.05. The quantitative estimate of drug-likeness (QED) is 0.232. The second-order valence-corrected chi connectivity index (χ2v) is 26.6. The summed E-state index contributed by atoms with van der Waals surface area (Å²) >= 11 is 1.97. The van der Waals surface area contributed by atoms with Gasteiger partial charge in [-0.3, -0.25) is 0 Å². The predicted octanol–water partition coefficient (Wildman–Crippen LogP) is 4.33. The Morgan fingerprint density at radius 1 is 0.517 bits per heavy atom. The van der Waals surface area contributed by atoms with Gasteiger partial charge in [-0.15, -0.1) is 0 Å². The minimum Gasteiger partial charge on any atom is -0.454 e. The van der Waals surface area contributed by atoms with Crippen molar-refractivity contribution in [1.29, 1.82) is 0 Å². The van der Waals surface area contributed by atoms with E-state index in [-0.39, 0.29) is 26.2 Å². The molecule has 12 heteroatoms. The highest BCUT2D eigenvalue weighted by molar-refractivity contribution is 8.32. The molecule has 0 unspecified atom stereocenters. The first-order chi connectivity index (χ1) is 27.8. The molecule has 0 spiro atoms. The van der Waals surface area contributed by atoms with Crippen LogP contribution in [0, 0.1) is 6.92 Å². The zero-order valence-electron chi connectivity index (χ0n) is 39.1. The van der Waals surface area contributed by atoms with E-state index < -0.39 is 10.0 Å². The van der Waals surface area contributed by atoms with Crippen molar-refractivity contribution in [2.45, 2.75) is 80.4 Å². The molecule has 2 aliphatic rings. The van der Waals surface area contributed by atoms with Crippen molar-refractivity contribution >= 4 is 92.4 Å². The summed E-state index contributed by atoms with van der Waals surface area (Å²) in [5, 5.41) is -0.353. The lowest BCUT2D eigenvalue weighted by molar-refractivity contribution is 0.296. The second-order valence-electron chi connectivity index (χ2n) is 22.0. The van der Waals surface area contributed by atoms with Crippen molar-refractivity contribution in [2.24, 2.45) is 0 Å². The molecule has 0 amide bonds. The molecule has 0 fully saturated rings. The molecule has 60 heavy (non-hydrogen) atoms. The molecule has 1 nitrogen and oxygen atoms in total. The molecule has 0 N–H and O–H groups in total. The van der Waals surface area contributed by atoms with E-state index in [1.54, 1.807) is 0 Å². The van der Waals surface area contributed by atoms with Crippen LogP contribution in [0.4, 0.5) is 0 Å². The van der Waals surface area contributed by atoms with Gasteiger partial charge in [0.25, 0.3) is 0 Å². The van der Waals surface area contributed by atoms with Crippen molar-refractivity contribution in [3.8, 4) is 44.9 Å². The van der Waals surface area contributed by atoms with Crippen LogP contribution in [0.2, 0.25) is 0 Å². The first-order valence-electron chi connectivity index (χ1n) is 21.7. The van der Waals surface area contributed by atoms with Crippen LogP contribution < -0.4 is 4.74 Å². The van der Waals surface area contributed by atoms with Gasteiger partial charge in [-0.2, -0.15) is 10.0 Å². The van der Waals surface area contributed by atoms with Crippen molar-refractivity contribution in [1.82, 2.24) is 0 Å². The summed E-state index contributed by atoms with van der Waals surface area (Å²) in [7, 11) is 20.2. The SMILES string of the molecule is BC(B)(B)c1cc(-c2cccc3c2Oc2ccccc2S3(C)C)ccc1-c1cc(C(B)(B)B)c(-c2cccc3c2Sc2ccc(C)cc2C(C)(C)C3(C)C)cc1C(B)(B)B. The third-order valence-corrected chi connectivity index (χ3v) is 18.0. The molecule has 294 valence electrons. The van der Waals surface area contributed by atoms with Gasteiger partial charge in [-0.1, -0.05) is 162 Å². The van der Waals surface area contributed by atoms with E-state index in [9.17, 15) is 0 Å². The maximum Gasteiger partial charge on any atom is 0.147 e. The monoisotopic (exact) mass is 812 g/mol. The van der Waals surface area contributed by atoms with Crippen molar-refractivity contribution in [2.75, 3.05) is 12.5 Å². The molecule has 0 bridgehead atoms. The molecule has 2 heterocycles. The van der Waals surface area contributed by atoms with Crippen LogP contribution in [0.1, 0.15) is 61.1 Å².